The number of ether oxygens (including phenoxy) is 2. The van der Waals surface area contributed by atoms with Crippen LogP contribution in [0.2, 0.25) is 0 Å². The lowest BCUT2D eigenvalue weighted by Crippen LogP contribution is -2.23. The molecule has 162 valence electrons. The quantitative estimate of drug-likeness (QED) is 0.401. The molecule has 0 saturated heterocycles. The maximum Gasteiger partial charge on any atom is 0.244 e. The van der Waals surface area contributed by atoms with Crippen LogP contribution in [0.5, 0.6) is 11.5 Å². The van der Waals surface area contributed by atoms with Gasteiger partial charge in [-0.25, -0.2) is 4.98 Å². The van der Waals surface area contributed by atoms with Crippen molar-refractivity contribution < 1.29 is 14.3 Å². The minimum Gasteiger partial charge on any atom is -0.497 e. The van der Waals surface area contributed by atoms with Gasteiger partial charge in [-0.15, -0.1) is 0 Å². The first-order valence-electron chi connectivity index (χ1n) is 10.4. The summed E-state index contributed by atoms with van der Waals surface area (Å²) in [5, 5.41) is 2.93. The zero-order valence-electron chi connectivity index (χ0n) is 17.9. The van der Waals surface area contributed by atoms with Gasteiger partial charge in [0, 0.05) is 12.1 Å². The third kappa shape index (κ3) is 5.35. The second kappa shape index (κ2) is 10.3. The maximum absolute atomic E-state index is 12.3. The molecule has 4 rings (SSSR count). The zero-order valence-corrected chi connectivity index (χ0v) is 17.9. The molecule has 0 unspecified atom stereocenters. The van der Waals surface area contributed by atoms with Gasteiger partial charge in [0.15, 0.2) is 0 Å². The number of hydrogen-bond acceptors (Lipinski definition) is 4. The van der Waals surface area contributed by atoms with Gasteiger partial charge >= 0.3 is 0 Å². The van der Waals surface area contributed by atoms with Crippen molar-refractivity contribution in [2.24, 2.45) is 0 Å². The molecule has 6 heteroatoms. The monoisotopic (exact) mass is 427 g/mol. The van der Waals surface area contributed by atoms with Crippen molar-refractivity contribution >= 4 is 23.0 Å². The fourth-order valence-corrected chi connectivity index (χ4v) is 3.42. The number of amides is 1. The number of fused-ring (bicyclic) bond motifs is 1. The molecule has 0 radical (unpaired) electrons. The Labute approximate surface area is 187 Å². The van der Waals surface area contributed by atoms with Crippen molar-refractivity contribution in [3.8, 4) is 11.5 Å². The van der Waals surface area contributed by atoms with Crippen LogP contribution in [0, 0.1) is 0 Å². The molecule has 0 atom stereocenters. The molecule has 0 bridgehead atoms. The number of methoxy groups -OCH3 is 1. The molecule has 0 aliphatic rings. The molecule has 32 heavy (non-hydrogen) atoms. The SMILES string of the molecule is COc1cccc(OCCn2c(CNC(=O)/C=C\c3ccccc3)nc3ccccc32)c1. The van der Waals surface area contributed by atoms with Gasteiger partial charge in [0.05, 0.1) is 31.2 Å². The number of carbonyl (C=O) groups excluding carboxylic acids is 1. The van der Waals surface area contributed by atoms with E-state index in [0.29, 0.717) is 19.7 Å². The molecule has 0 fully saturated rings. The lowest BCUT2D eigenvalue weighted by atomic mass is 10.2. The standard InChI is InChI=1S/C26H25N3O3/c1-31-21-10-7-11-22(18-21)32-17-16-29-24-13-6-5-12-23(24)28-25(29)19-27-26(30)15-14-20-8-3-2-4-9-20/h2-15,18H,16-17,19H2,1H3,(H,27,30)/b15-14-. The van der Waals surface area contributed by atoms with Crippen LogP contribution in [0.25, 0.3) is 17.1 Å². The first kappa shape index (κ1) is 21.2. The van der Waals surface area contributed by atoms with Crippen molar-refractivity contribution in [2.45, 2.75) is 13.1 Å². The lowest BCUT2D eigenvalue weighted by Gasteiger charge is -2.12. The first-order chi connectivity index (χ1) is 15.7. The fourth-order valence-electron chi connectivity index (χ4n) is 3.42. The number of para-hydroxylation sites is 2. The van der Waals surface area contributed by atoms with Crippen LogP contribution in [-0.2, 0) is 17.9 Å². The molecule has 0 aliphatic carbocycles. The number of nitrogens with zero attached hydrogens (tertiary/aromatic N) is 2. The second-order valence-corrected chi connectivity index (χ2v) is 7.16. The van der Waals surface area contributed by atoms with Crippen LogP contribution in [-0.4, -0.2) is 29.2 Å². The number of carbonyl (C=O) groups is 1. The summed E-state index contributed by atoms with van der Waals surface area (Å²) in [5.41, 5.74) is 2.87. The predicted octanol–water partition coefficient (Wildman–Crippen LogP) is 4.45. The van der Waals surface area contributed by atoms with Gasteiger partial charge in [-0.2, -0.15) is 0 Å². The van der Waals surface area contributed by atoms with Gasteiger partial charge < -0.3 is 19.4 Å². The highest BCUT2D eigenvalue weighted by molar-refractivity contribution is 5.91. The minimum atomic E-state index is -0.167. The molecule has 1 aromatic heterocycles. The molecule has 0 aliphatic heterocycles. The van der Waals surface area contributed by atoms with E-state index in [4.69, 9.17) is 14.5 Å². The number of nitrogens with one attached hydrogen (secondary N) is 1. The molecule has 0 saturated carbocycles. The Morgan fingerprint density at radius 2 is 1.78 bits per heavy atom. The topological polar surface area (TPSA) is 65.4 Å². The Balaban J connectivity index is 1.42. The van der Waals surface area contributed by atoms with E-state index in [1.165, 1.54) is 6.08 Å². The number of imidazole rings is 1. The van der Waals surface area contributed by atoms with E-state index in [-0.39, 0.29) is 5.91 Å². The maximum atomic E-state index is 12.3. The number of benzene rings is 3. The van der Waals surface area contributed by atoms with E-state index in [9.17, 15) is 4.79 Å². The van der Waals surface area contributed by atoms with E-state index in [1.54, 1.807) is 13.2 Å². The van der Waals surface area contributed by atoms with Gasteiger partial charge in [0.2, 0.25) is 5.91 Å². The van der Waals surface area contributed by atoms with Gasteiger partial charge in [-0.1, -0.05) is 48.5 Å². The molecule has 1 heterocycles. The van der Waals surface area contributed by atoms with E-state index in [2.05, 4.69) is 9.88 Å². The Morgan fingerprint density at radius 1 is 1.00 bits per heavy atom. The Bertz CT molecular complexity index is 1220. The van der Waals surface area contributed by atoms with Crippen LogP contribution < -0.4 is 14.8 Å². The smallest absolute Gasteiger partial charge is 0.244 e. The summed E-state index contributed by atoms with van der Waals surface area (Å²) in [4.78, 5) is 17.0. The van der Waals surface area contributed by atoms with Crippen LogP contribution in [0.1, 0.15) is 11.4 Å². The normalized spacial score (nSPS) is 11.0. The number of rotatable bonds is 9. The lowest BCUT2D eigenvalue weighted by molar-refractivity contribution is -0.116. The summed E-state index contributed by atoms with van der Waals surface area (Å²) in [5.74, 6) is 2.11. The molecule has 1 N–H and O–H groups in total. The number of aromatic nitrogens is 2. The Kier molecular flexibility index (Phi) is 6.82. The van der Waals surface area contributed by atoms with Gasteiger partial charge in [-0.05, 0) is 35.9 Å². The Morgan fingerprint density at radius 3 is 2.62 bits per heavy atom. The summed E-state index contributed by atoms with van der Waals surface area (Å²) < 4.78 is 13.2. The summed E-state index contributed by atoms with van der Waals surface area (Å²) in [6.45, 7) is 1.39. The van der Waals surface area contributed by atoms with Crippen LogP contribution in [0.3, 0.4) is 0 Å². The molecule has 4 aromatic rings. The molecular weight excluding hydrogens is 402 g/mol. The third-order valence-electron chi connectivity index (χ3n) is 5.01. The van der Waals surface area contributed by atoms with Crippen LogP contribution in [0.15, 0.2) is 84.9 Å². The van der Waals surface area contributed by atoms with Crippen molar-refractivity contribution in [3.63, 3.8) is 0 Å². The third-order valence-corrected chi connectivity index (χ3v) is 5.01. The second-order valence-electron chi connectivity index (χ2n) is 7.16. The fraction of sp³-hybridized carbons (Fsp3) is 0.154. The highest BCUT2D eigenvalue weighted by atomic mass is 16.5. The van der Waals surface area contributed by atoms with E-state index >= 15 is 0 Å². The summed E-state index contributed by atoms with van der Waals surface area (Å²) in [6, 6.07) is 25.2. The highest BCUT2D eigenvalue weighted by Gasteiger charge is 2.11. The molecular formula is C26H25N3O3. The van der Waals surface area contributed by atoms with Crippen molar-refractivity contribution in [1.29, 1.82) is 0 Å². The van der Waals surface area contributed by atoms with Gasteiger partial charge in [0.1, 0.15) is 23.9 Å². The van der Waals surface area contributed by atoms with Crippen LogP contribution >= 0.6 is 0 Å². The van der Waals surface area contributed by atoms with Crippen molar-refractivity contribution in [3.05, 3.63) is 96.3 Å². The van der Waals surface area contributed by atoms with Gasteiger partial charge in [-0.3, -0.25) is 4.79 Å². The average molecular weight is 428 g/mol. The average Bonchev–Trinajstić information content (AvgIpc) is 3.20. The van der Waals surface area contributed by atoms with Gasteiger partial charge in [0.25, 0.3) is 0 Å². The molecule has 3 aromatic carbocycles. The van der Waals surface area contributed by atoms with E-state index in [0.717, 1.165) is 33.9 Å². The van der Waals surface area contributed by atoms with E-state index < -0.39 is 0 Å². The summed E-state index contributed by atoms with van der Waals surface area (Å²) >= 11 is 0. The zero-order chi connectivity index (χ0) is 22.2. The minimum absolute atomic E-state index is 0.167. The molecule has 6 nitrogen and oxygen atoms in total. The van der Waals surface area contributed by atoms with E-state index in [1.807, 2.05) is 78.9 Å². The van der Waals surface area contributed by atoms with Crippen molar-refractivity contribution in [1.82, 2.24) is 14.9 Å². The number of hydrogen-bond donors (Lipinski definition) is 1. The molecule has 1 amide bonds. The Hall–Kier alpha value is -4.06. The van der Waals surface area contributed by atoms with Crippen molar-refractivity contribution in [2.75, 3.05) is 13.7 Å². The molecule has 0 spiro atoms. The van der Waals surface area contributed by atoms with Crippen LogP contribution in [0.4, 0.5) is 0 Å². The predicted molar refractivity (Wildman–Crippen MR) is 126 cm³/mol. The highest BCUT2D eigenvalue weighted by Crippen LogP contribution is 2.20. The largest absolute Gasteiger partial charge is 0.497 e. The first-order valence-corrected chi connectivity index (χ1v) is 10.4. The summed E-state index contributed by atoms with van der Waals surface area (Å²) in [6.07, 6.45) is 3.33. The summed E-state index contributed by atoms with van der Waals surface area (Å²) in [7, 11) is 1.63.